The summed E-state index contributed by atoms with van der Waals surface area (Å²) in [5, 5.41) is 5.43. The molecule has 0 atom stereocenters. The van der Waals surface area contributed by atoms with Crippen LogP contribution in [0.2, 0.25) is 20.1 Å². The van der Waals surface area contributed by atoms with Crippen LogP contribution in [0.15, 0.2) is 60.7 Å². The van der Waals surface area contributed by atoms with Crippen LogP contribution < -0.4 is 5.32 Å². The number of fused-ring (bicyclic) bond motifs is 1. The van der Waals surface area contributed by atoms with Crippen LogP contribution in [0.4, 0.5) is 5.69 Å². The fourth-order valence-corrected chi connectivity index (χ4v) is 4.27. The molecule has 0 saturated carbocycles. The number of aromatic nitrogens is 1. The Bertz CT molecular complexity index is 1300. The molecule has 0 fully saturated rings. The van der Waals surface area contributed by atoms with Gasteiger partial charge < -0.3 is 5.32 Å². The summed E-state index contributed by atoms with van der Waals surface area (Å²) in [4.78, 5) is 18.1. The SMILES string of the molecule is Cc1c(-c2ccc(Cl)cc2Cl)nc2ccccc2c1C(=O)Nc1ccc(Cl)cc1Cl. The quantitative estimate of drug-likeness (QED) is 0.325. The minimum absolute atomic E-state index is 0.304. The highest BCUT2D eigenvalue weighted by Crippen LogP contribution is 2.35. The number of rotatable bonds is 3. The zero-order valence-corrected chi connectivity index (χ0v) is 18.7. The number of hydrogen-bond acceptors (Lipinski definition) is 2. The molecule has 0 unspecified atom stereocenters. The lowest BCUT2D eigenvalue weighted by Crippen LogP contribution is -2.15. The van der Waals surface area contributed by atoms with E-state index in [1.54, 1.807) is 36.4 Å². The molecule has 1 heterocycles. The second kappa shape index (κ2) is 8.44. The Labute approximate surface area is 193 Å². The van der Waals surface area contributed by atoms with Crippen molar-refractivity contribution < 1.29 is 4.79 Å². The normalized spacial score (nSPS) is 11.0. The van der Waals surface area contributed by atoms with Gasteiger partial charge in [0.2, 0.25) is 0 Å². The lowest BCUT2D eigenvalue weighted by molar-refractivity contribution is 0.102. The van der Waals surface area contributed by atoms with Gasteiger partial charge in [0.15, 0.2) is 0 Å². The maximum absolute atomic E-state index is 13.3. The lowest BCUT2D eigenvalue weighted by Gasteiger charge is -2.16. The summed E-state index contributed by atoms with van der Waals surface area (Å²) in [6, 6.07) is 17.6. The molecular formula is C23H14Cl4N2O. The number of carbonyl (C=O) groups is 1. The number of pyridine rings is 1. The van der Waals surface area contributed by atoms with Gasteiger partial charge in [0, 0.05) is 21.0 Å². The highest BCUT2D eigenvalue weighted by molar-refractivity contribution is 6.37. The van der Waals surface area contributed by atoms with Crippen molar-refractivity contribution in [3.8, 4) is 11.3 Å². The topological polar surface area (TPSA) is 42.0 Å². The van der Waals surface area contributed by atoms with Crippen LogP contribution in [0.25, 0.3) is 22.2 Å². The first-order chi connectivity index (χ1) is 14.3. The van der Waals surface area contributed by atoms with Crippen LogP contribution in [0.3, 0.4) is 0 Å². The van der Waals surface area contributed by atoms with Gasteiger partial charge in [0.25, 0.3) is 5.91 Å². The molecule has 3 aromatic carbocycles. The molecule has 0 radical (unpaired) electrons. The van der Waals surface area contributed by atoms with Gasteiger partial charge in [0.05, 0.1) is 32.5 Å². The van der Waals surface area contributed by atoms with E-state index in [0.717, 1.165) is 5.39 Å². The summed E-state index contributed by atoms with van der Waals surface area (Å²) in [6.07, 6.45) is 0. The van der Waals surface area contributed by atoms with Gasteiger partial charge in [-0.2, -0.15) is 0 Å². The molecule has 150 valence electrons. The van der Waals surface area contributed by atoms with E-state index in [4.69, 9.17) is 51.4 Å². The van der Waals surface area contributed by atoms with E-state index in [2.05, 4.69) is 5.32 Å². The highest BCUT2D eigenvalue weighted by Gasteiger charge is 2.21. The Kier molecular flexibility index (Phi) is 5.90. The summed E-state index contributed by atoms with van der Waals surface area (Å²) in [6.45, 7) is 1.85. The van der Waals surface area contributed by atoms with E-state index in [1.807, 2.05) is 31.2 Å². The molecule has 4 aromatic rings. The van der Waals surface area contributed by atoms with E-state index in [1.165, 1.54) is 0 Å². The molecule has 4 rings (SSSR count). The number of carbonyl (C=O) groups excluding carboxylic acids is 1. The molecule has 0 bridgehead atoms. The molecule has 3 nitrogen and oxygen atoms in total. The van der Waals surface area contributed by atoms with Gasteiger partial charge >= 0.3 is 0 Å². The second-order valence-corrected chi connectivity index (χ2v) is 8.37. The van der Waals surface area contributed by atoms with Crippen molar-refractivity contribution in [3.05, 3.63) is 91.9 Å². The van der Waals surface area contributed by atoms with Crippen molar-refractivity contribution in [1.29, 1.82) is 0 Å². The molecular weight excluding hydrogens is 462 g/mol. The first-order valence-electron chi connectivity index (χ1n) is 8.96. The van der Waals surface area contributed by atoms with Crippen LogP contribution in [0.5, 0.6) is 0 Å². The first kappa shape index (κ1) is 21.0. The molecule has 1 aromatic heterocycles. The van der Waals surface area contributed by atoms with E-state index in [0.29, 0.717) is 53.7 Å². The number of nitrogens with one attached hydrogen (secondary N) is 1. The standard InChI is InChI=1S/C23H14Cl4N2O/c1-12-21(23(30)29-20-9-7-14(25)11-18(20)27)16-4-2-3-5-19(16)28-22(12)15-8-6-13(24)10-17(15)26/h2-11H,1H3,(H,29,30). The third-order valence-corrected chi connectivity index (χ3v) is 5.82. The molecule has 7 heteroatoms. The van der Waals surface area contributed by atoms with Crippen LogP contribution in [-0.2, 0) is 0 Å². The largest absolute Gasteiger partial charge is 0.321 e. The van der Waals surface area contributed by atoms with Crippen molar-refractivity contribution in [1.82, 2.24) is 4.98 Å². The Morgan fingerprint density at radius 1 is 0.867 bits per heavy atom. The molecule has 0 spiro atoms. The van der Waals surface area contributed by atoms with Gasteiger partial charge in [-0.25, -0.2) is 4.98 Å². The van der Waals surface area contributed by atoms with Crippen LogP contribution in [0.1, 0.15) is 15.9 Å². The van der Waals surface area contributed by atoms with E-state index >= 15 is 0 Å². The number of hydrogen-bond donors (Lipinski definition) is 1. The van der Waals surface area contributed by atoms with Crippen molar-refractivity contribution in [2.24, 2.45) is 0 Å². The van der Waals surface area contributed by atoms with Gasteiger partial charge in [-0.1, -0.05) is 64.6 Å². The van der Waals surface area contributed by atoms with Crippen molar-refractivity contribution in [2.45, 2.75) is 6.92 Å². The number of nitrogens with zero attached hydrogens (tertiary/aromatic N) is 1. The smallest absolute Gasteiger partial charge is 0.256 e. The minimum Gasteiger partial charge on any atom is -0.321 e. The van der Waals surface area contributed by atoms with Gasteiger partial charge in [-0.05, 0) is 55.0 Å². The minimum atomic E-state index is -0.304. The van der Waals surface area contributed by atoms with Gasteiger partial charge in [-0.3, -0.25) is 4.79 Å². The monoisotopic (exact) mass is 474 g/mol. The predicted octanol–water partition coefficient (Wildman–Crippen LogP) is 8.08. The van der Waals surface area contributed by atoms with Crippen molar-refractivity contribution in [3.63, 3.8) is 0 Å². The summed E-state index contributed by atoms with van der Waals surface area (Å²) in [5.41, 5.74) is 3.65. The van der Waals surface area contributed by atoms with Crippen molar-refractivity contribution >= 4 is 68.9 Å². The number of anilines is 1. The summed E-state index contributed by atoms with van der Waals surface area (Å²) in [7, 11) is 0. The number of benzene rings is 3. The Hall–Kier alpha value is -2.30. The Morgan fingerprint density at radius 3 is 2.23 bits per heavy atom. The molecule has 1 N–H and O–H groups in total. The summed E-state index contributed by atoms with van der Waals surface area (Å²) >= 11 is 24.7. The molecule has 0 aliphatic heterocycles. The Balaban J connectivity index is 1.90. The fraction of sp³-hybridized carbons (Fsp3) is 0.0435. The van der Waals surface area contributed by atoms with E-state index in [-0.39, 0.29) is 5.91 Å². The maximum Gasteiger partial charge on any atom is 0.256 e. The number of para-hydroxylation sites is 1. The molecule has 0 saturated heterocycles. The van der Waals surface area contributed by atoms with Gasteiger partial charge in [0.1, 0.15) is 0 Å². The predicted molar refractivity (Wildman–Crippen MR) is 126 cm³/mol. The molecule has 0 aliphatic rings. The van der Waals surface area contributed by atoms with Crippen LogP contribution in [0, 0.1) is 6.92 Å². The van der Waals surface area contributed by atoms with Crippen LogP contribution >= 0.6 is 46.4 Å². The summed E-state index contributed by atoms with van der Waals surface area (Å²) < 4.78 is 0. The highest BCUT2D eigenvalue weighted by atomic mass is 35.5. The Morgan fingerprint density at radius 2 is 1.53 bits per heavy atom. The van der Waals surface area contributed by atoms with Crippen molar-refractivity contribution in [2.75, 3.05) is 5.32 Å². The lowest BCUT2D eigenvalue weighted by atomic mass is 9.97. The average molecular weight is 476 g/mol. The first-order valence-corrected chi connectivity index (χ1v) is 10.5. The van der Waals surface area contributed by atoms with Crippen LogP contribution in [-0.4, -0.2) is 10.9 Å². The zero-order valence-electron chi connectivity index (χ0n) is 15.6. The molecule has 30 heavy (non-hydrogen) atoms. The van der Waals surface area contributed by atoms with Gasteiger partial charge in [-0.15, -0.1) is 0 Å². The molecule has 0 aliphatic carbocycles. The van der Waals surface area contributed by atoms with E-state index in [9.17, 15) is 4.79 Å². The number of halogens is 4. The fourth-order valence-electron chi connectivity index (χ4n) is 3.32. The maximum atomic E-state index is 13.3. The number of amides is 1. The third-order valence-electron chi connectivity index (χ3n) is 4.73. The third kappa shape index (κ3) is 3.99. The second-order valence-electron chi connectivity index (χ2n) is 6.68. The zero-order chi connectivity index (χ0) is 21.4. The average Bonchev–Trinajstić information content (AvgIpc) is 2.70. The summed E-state index contributed by atoms with van der Waals surface area (Å²) in [5.74, 6) is -0.304. The van der Waals surface area contributed by atoms with E-state index < -0.39 is 0 Å². The molecule has 1 amide bonds.